The lowest BCUT2D eigenvalue weighted by molar-refractivity contribution is -0.137. The number of carboxylic acids is 1. The van der Waals surface area contributed by atoms with Crippen LogP contribution in [0.3, 0.4) is 0 Å². The number of hydrogen-bond donors (Lipinski definition) is 1. The Hall–Kier alpha value is -2.43. The largest absolute Gasteiger partial charge is 0.481 e. The number of hydrogen-bond acceptors (Lipinski definition) is 3. The summed E-state index contributed by atoms with van der Waals surface area (Å²) in [6.45, 7) is 3.26. The predicted octanol–water partition coefficient (Wildman–Crippen LogP) is 3.26. The van der Waals surface area contributed by atoms with E-state index in [9.17, 15) is 9.59 Å². The Balaban J connectivity index is 1.78. The van der Waals surface area contributed by atoms with Gasteiger partial charge in [0.1, 0.15) is 5.69 Å². The third kappa shape index (κ3) is 3.55. The van der Waals surface area contributed by atoms with E-state index in [4.69, 9.17) is 5.11 Å². The quantitative estimate of drug-likeness (QED) is 0.936. The van der Waals surface area contributed by atoms with E-state index in [1.165, 1.54) is 0 Å². The van der Waals surface area contributed by atoms with Crippen molar-refractivity contribution >= 4 is 22.8 Å². The summed E-state index contributed by atoms with van der Waals surface area (Å²) in [6, 6.07) is 9.79. The van der Waals surface area contributed by atoms with E-state index in [1.807, 2.05) is 42.2 Å². The minimum Gasteiger partial charge on any atom is -0.481 e. The molecule has 126 valence electrons. The Morgan fingerprint density at radius 1 is 1.33 bits per heavy atom. The molecule has 1 aliphatic heterocycles. The molecule has 0 saturated carbocycles. The number of piperidine rings is 1. The van der Waals surface area contributed by atoms with Crippen molar-refractivity contribution in [3.63, 3.8) is 0 Å². The van der Waals surface area contributed by atoms with Gasteiger partial charge in [0.15, 0.2) is 0 Å². The summed E-state index contributed by atoms with van der Waals surface area (Å²) < 4.78 is 0. The Morgan fingerprint density at radius 2 is 2.12 bits per heavy atom. The number of carbonyl (C=O) groups excluding carboxylic acids is 1. The van der Waals surface area contributed by atoms with Crippen molar-refractivity contribution in [3.8, 4) is 0 Å². The summed E-state index contributed by atoms with van der Waals surface area (Å²) in [7, 11) is 0. The van der Waals surface area contributed by atoms with Crippen molar-refractivity contribution < 1.29 is 14.7 Å². The first-order chi connectivity index (χ1) is 11.5. The van der Waals surface area contributed by atoms with Crippen molar-refractivity contribution in [2.75, 3.05) is 13.1 Å². The maximum atomic E-state index is 12.9. The van der Waals surface area contributed by atoms with Crippen molar-refractivity contribution in [2.24, 2.45) is 5.92 Å². The first kappa shape index (κ1) is 16.4. The van der Waals surface area contributed by atoms with Gasteiger partial charge in [0.05, 0.1) is 5.52 Å². The highest BCUT2D eigenvalue weighted by Gasteiger charge is 2.26. The van der Waals surface area contributed by atoms with Gasteiger partial charge in [0, 0.05) is 24.9 Å². The SMILES string of the molecule is Cc1cc2ccccc2nc1C(=O)N1CCCC(CCC(=O)O)C1. The Morgan fingerprint density at radius 3 is 2.92 bits per heavy atom. The molecule has 3 rings (SSSR count). The molecule has 1 fully saturated rings. The highest BCUT2D eigenvalue weighted by molar-refractivity contribution is 5.96. The molecule has 5 heteroatoms. The molecule has 2 aromatic rings. The predicted molar refractivity (Wildman–Crippen MR) is 92.0 cm³/mol. The number of aryl methyl sites for hydroxylation is 1. The third-order valence-corrected chi connectivity index (χ3v) is 4.69. The van der Waals surface area contributed by atoms with Crippen LogP contribution in [0.15, 0.2) is 30.3 Å². The fourth-order valence-corrected chi connectivity index (χ4v) is 3.40. The number of carbonyl (C=O) groups is 2. The van der Waals surface area contributed by atoms with Crippen molar-refractivity contribution in [1.29, 1.82) is 0 Å². The van der Waals surface area contributed by atoms with Gasteiger partial charge in [-0.1, -0.05) is 18.2 Å². The van der Waals surface area contributed by atoms with Crippen LogP contribution >= 0.6 is 0 Å². The molecule has 1 amide bonds. The number of likely N-dealkylation sites (tertiary alicyclic amines) is 1. The first-order valence-electron chi connectivity index (χ1n) is 8.42. The van der Waals surface area contributed by atoms with Crippen molar-refractivity contribution in [1.82, 2.24) is 9.88 Å². The van der Waals surface area contributed by atoms with Gasteiger partial charge < -0.3 is 10.0 Å². The molecule has 24 heavy (non-hydrogen) atoms. The third-order valence-electron chi connectivity index (χ3n) is 4.69. The number of benzene rings is 1. The van der Waals surface area contributed by atoms with Gasteiger partial charge in [-0.05, 0) is 49.8 Å². The first-order valence-corrected chi connectivity index (χ1v) is 8.42. The van der Waals surface area contributed by atoms with Crippen LogP contribution in [0.5, 0.6) is 0 Å². The van der Waals surface area contributed by atoms with E-state index >= 15 is 0 Å². The molecule has 0 spiro atoms. The molecule has 0 aliphatic carbocycles. The van der Waals surface area contributed by atoms with E-state index < -0.39 is 5.97 Å². The van der Waals surface area contributed by atoms with E-state index in [2.05, 4.69) is 4.98 Å². The number of pyridine rings is 1. The summed E-state index contributed by atoms with van der Waals surface area (Å²) in [6.07, 6.45) is 2.70. The van der Waals surface area contributed by atoms with E-state index in [1.54, 1.807) is 0 Å². The zero-order valence-electron chi connectivity index (χ0n) is 13.9. The molecule has 1 aliphatic rings. The molecular weight excluding hydrogens is 304 g/mol. The number of amides is 1. The molecule has 1 atom stereocenters. The van der Waals surface area contributed by atoms with Crippen LogP contribution < -0.4 is 0 Å². The molecule has 1 saturated heterocycles. The second-order valence-corrected chi connectivity index (χ2v) is 6.54. The standard InChI is InChI=1S/C19H22N2O3/c1-13-11-15-6-2-3-7-16(15)20-18(13)19(24)21-10-4-5-14(12-21)8-9-17(22)23/h2-3,6-7,11,14H,4-5,8-10,12H2,1H3,(H,22,23). The van der Waals surface area contributed by atoms with Gasteiger partial charge in [0.2, 0.25) is 0 Å². The molecule has 1 unspecified atom stereocenters. The van der Waals surface area contributed by atoms with Crippen LogP contribution in [0.4, 0.5) is 0 Å². The molecule has 1 aromatic heterocycles. The van der Waals surface area contributed by atoms with E-state index in [0.29, 0.717) is 18.7 Å². The van der Waals surface area contributed by atoms with E-state index in [-0.39, 0.29) is 18.2 Å². The number of aromatic nitrogens is 1. The summed E-state index contributed by atoms with van der Waals surface area (Å²) >= 11 is 0. The number of aliphatic carboxylic acids is 1. The number of carboxylic acid groups (broad SMARTS) is 1. The minimum absolute atomic E-state index is 0.0433. The second-order valence-electron chi connectivity index (χ2n) is 6.54. The molecule has 5 nitrogen and oxygen atoms in total. The average molecular weight is 326 g/mol. The van der Waals surface area contributed by atoms with Crippen LogP contribution in [-0.4, -0.2) is 40.0 Å². The Bertz CT molecular complexity index is 772. The van der Waals surface area contributed by atoms with Gasteiger partial charge in [-0.25, -0.2) is 4.98 Å². The lowest BCUT2D eigenvalue weighted by Crippen LogP contribution is -2.40. The van der Waals surface area contributed by atoms with Crippen LogP contribution in [0.2, 0.25) is 0 Å². The fourth-order valence-electron chi connectivity index (χ4n) is 3.40. The molecular formula is C19H22N2O3. The second kappa shape index (κ2) is 6.99. The Labute approximate surface area is 141 Å². The highest BCUT2D eigenvalue weighted by Crippen LogP contribution is 2.24. The number of fused-ring (bicyclic) bond motifs is 1. The van der Waals surface area contributed by atoms with Crippen LogP contribution in [0, 0.1) is 12.8 Å². The summed E-state index contributed by atoms with van der Waals surface area (Å²) in [5.74, 6) is -0.552. The molecule has 1 N–H and O–H groups in total. The van der Waals surface area contributed by atoms with Gasteiger partial charge in [-0.15, -0.1) is 0 Å². The van der Waals surface area contributed by atoms with Gasteiger partial charge in [-0.2, -0.15) is 0 Å². The zero-order valence-corrected chi connectivity index (χ0v) is 13.9. The molecule has 0 bridgehead atoms. The Kier molecular flexibility index (Phi) is 4.79. The lowest BCUT2D eigenvalue weighted by Gasteiger charge is -2.32. The maximum Gasteiger partial charge on any atom is 0.303 e. The average Bonchev–Trinajstić information content (AvgIpc) is 2.59. The van der Waals surface area contributed by atoms with Crippen LogP contribution in [0.1, 0.15) is 41.7 Å². The highest BCUT2D eigenvalue weighted by atomic mass is 16.4. The number of para-hydroxylation sites is 1. The van der Waals surface area contributed by atoms with Gasteiger partial charge >= 0.3 is 5.97 Å². The number of rotatable bonds is 4. The molecule has 1 aromatic carbocycles. The zero-order chi connectivity index (χ0) is 17.1. The molecule has 2 heterocycles. The lowest BCUT2D eigenvalue weighted by atomic mass is 9.93. The molecule has 0 radical (unpaired) electrons. The minimum atomic E-state index is -0.773. The maximum absolute atomic E-state index is 12.9. The number of nitrogens with zero attached hydrogens (tertiary/aromatic N) is 2. The summed E-state index contributed by atoms with van der Waals surface area (Å²) in [5.41, 5.74) is 2.21. The van der Waals surface area contributed by atoms with E-state index in [0.717, 1.165) is 35.9 Å². The van der Waals surface area contributed by atoms with Gasteiger partial charge in [-0.3, -0.25) is 9.59 Å². The monoisotopic (exact) mass is 326 g/mol. The summed E-state index contributed by atoms with van der Waals surface area (Å²) in [4.78, 5) is 30.0. The van der Waals surface area contributed by atoms with Crippen molar-refractivity contribution in [2.45, 2.75) is 32.6 Å². The van der Waals surface area contributed by atoms with Crippen LogP contribution in [0.25, 0.3) is 10.9 Å². The van der Waals surface area contributed by atoms with Crippen molar-refractivity contribution in [3.05, 3.63) is 41.6 Å². The smallest absolute Gasteiger partial charge is 0.303 e. The fraction of sp³-hybridized carbons (Fsp3) is 0.421. The topological polar surface area (TPSA) is 70.5 Å². The normalized spacial score (nSPS) is 17.9. The summed E-state index contributed by atoms with van der Waals surface area (Å²) in [5, 5.41) is 9.88. The van der Waals surface area contributed by atoms with Crippen LogP contribution in [-0.2, 0) is 4.79 Å². The van der Waals surface area contributed by atoms with Gasteiger partial charge in [0.25, 0.3) is 5.91 Å².